The van der Waals surface area contributed by atoms with E-state index in [1.807, 2.05) is 0 Å². The number of carbonyl (C=O) groups excluding carboxylic acids is 2. The first kappa shape index (κ1) is 14.4. The number of thioether (sulfide) groups is 1. The van der Waals surface area contributed by atoms with Gasteiger partial charge in [0.25, 0.3) is 5.91 Å². The minimum atomic E-state index is -1.01. The number of thiophene rings is 1. The number of fused-ring (bicyclic) bond motifs is 1. The molecule has 21 heavy (non-hydrogen) atoms. The molecule has 2 aliphatic heterocycles. The van der Waals surface area contributed by atoms with Crippen molar-refractivity contribution in [1.29, 1.82) is 0 Å². The van der Waals surface area contributed by atoms with Gasteiger partial charge < -0.3 is 15.3 Å². The van der Waals surface area contributed by atoms with Crippen LogP contribution < -0.4 is 5.32 Å². The first-order chi connectivity index (χ1) is 9.83. The maximum Gasteiger partial charge on any atom is 0.327 e. The predicted octanol–water partition coefficient (Wildman–Crippen LogP) is 0.993. The number of hydrogen-bond acceptors (Lipinski definition) is 5. The average molecular weight is 326 g/mol. The van der Waals surface area contributed by atoms with Crippen molar-refractivity contribution in [3.8, 4) is 0 Å². The lowest BCUT2D eigenvalue weighted by atomic mass is 9.96. The fourth-order valence-electron chi connectivity index (χ4n) is 2.76. The second-order valence-corrected chi connectivity index (χ2v) is 8.11. The minimum Gasteiger partial charge on any atom is -0.480 e. The van der Waals surface area contributed by atoms with Gasteiger partial charge in [-0.3, -0.25) is 9.59 Å². The molecule has 8 heteroatoms. The number of rotatable bonds is 3. The molecule has 0 saturated carbocycles. The zero-order valence-electron chi connectivity index (χ0n) is 11.4. The number of β-lactam (4-membered cyclic amide) rings is 1. The van der Waals surface area contributed by atoms with E-state index < -0.39 is 22.8 Å². The van der Waals surface area contributed by atoms with Crippen molar-refractivity contribution >= 4 is 40.9 Å². The topological polar surface area (TPSA) is 86.7 Å². The molecular formula is C13H14N2O4S2. The predicted molar refractivity (Wildman–Crippen MR) is 79.3 cm³/mol. The summed E-state index contributed by atoms with van der Waals surface area (Å²) in [6.07, 6.45) is 0. The van der Waals surface area contributed by atoms with Crippen LogP contribution >= 0.6 is 23.1 Å². The normalized spacial score (nSPS) is 29.7. The molecule has 3 rings (SSSR count). The number of carboxylic acids is 1. The quantitative estimate of drug-likeness (QED) is 0.809. The molecule has 6 nitrogen and oxygen atoms in total. The molecule has 1 aromatic heterocycles. The number of aliphatic carboxylic acids is 1. The van der Waals surface area contributed by atoms with Gasteiger partial charge in [0.2, 0.25) is 5.91 Å². The molecule has 2 N–H and O–H groups in total. The highest BCUT2D eigenvalue weighted by molar-refractivity contribution is 8.01. The van der Waals surface area contributed by atoms with Crippen LogP contribution in [0.25, 0.3) is 0 Å². The highest BCUT2D eigenvalue weighted by Gasteiger charge is 2.64. The number of amides is 2. The van der Waals surface area contributed by atoms with Crippen LogP contribution in [0, 0.1) is 0 Å². The molecule has 0 radical (unpaired) electrons. The van der Waals surface area contributed by atoms with Crippen molar-refractivity contribution < 1.29 is 19.5 Å². The van der Waals surface area contributed by atoms with Gasteiger partial charge in [-0.15, -0.1) is 11.8 Å². The first-order valence-electron chi connectivity index (χ1n) is 6.39. The second-order valence-electron chi connectivity index (χ2n) is 5.56. The molecule has 2 amide bonds. The molecule has 0 aliphatic carbocycles. The molecule has 112 valence electrons. The highest BCUT2D eigenvalue weighted by atomic mass is 32.2. The maximum absolute atomic E-state index is 12.2. The molecular weight excluding hydrogens is 312 g/mol. The van der Waals surface area contributed by atoms with Crippen molar-refractivity contribution in [1.82, 2.24) is 10.2 Å². The monoisotopic (exact) mass is 326 g/mol. The van der Waals surface area contributed by atoms with Crippen molar-refractivity contribution in [2.24, 2.45) is 0 Å². The largest absolute Gasteiger partial charge is 0.480 e. The fraction of sp³-hybridized carbons (Fsp3) is 0.462. The van der Waals surface area contributed by atoms with Crippen LogP contribution in [0.4, 0.5) is 0 Å². The summed E-state index contributed by atoms with van der Waals surface area (Å²) < 4.78 is -0.575. The molecule has 0 bridgehead atoms. The SMILES string of the molecule is CC1(C)S[C@@H]2[C@H](NC(=O)c3ccsc3)C(=O)N2[C@H]1C(=O)O. The first-order valence-corrected chi connectivity index (χ1v) is 8.21. The van der Waals surface area contributed by atoms with Crippen molar-refractivity contribution in [3.63, 3.8) is 0 Å². The standard InChI is InChI=1S/C13H14N2O4S2/c1-13(2)8(12(18)19)15-10(17)7(11(15)21-13)14-9(16)6-3-4-20-5-6/h3-5,7-8,11H,1-2H3,(H,14,16)(H,18,19)/t7-,8+,11-/m1/s1. The Kier molecular flexibility index (Phi) is 3.25. The Morgan fingerprint density at radius 2 is 2.14 bits per heavy atom. The molecule has 0 unspecified atom stereocenters. The van der Waals surface area contributed by atoms with E-state index in [4.69, 9.17) is 0 Å². The fourth-order valence-corrected chi connectivity index (χ4v) is 5.02. The molecule has 2 aliphatic rings. The molecule has 2 saturated heterocycles. The summed E-state index contributed by atoms with van der Waals surface area (Å²) in [5.41, 5.74) is 0.517. The lowest BCUT2D eigenvalue weighted by molar-refractivity contribution is -0.159. The van der Waals surface area contributed by atoms with Crippen molar-refractivity contribution in [2.45, 2.75) is 36.1 Å². The molecule has 1 aromatic rings. The third-order valence-electron chi connectivity index (χ3n) is 3.74. The minimum absolute atomic E-state index is 0.300. The van der Waals surface area contributed by atoms with E-state index in [9.17, 15) is 19.5 Å². The number of nitrogens with one attached hydrogen (secondary N) is 1. The van der Waals surface area contributed by atoms with Crippen LogP contribution in [0.1, 0.15) is 24.2 Å². The van der Waals surface area contributed by atoms with E-state index in [1.165, 1.54) is 28.0 Å². The number of nitrogens with zero attached hydrogens (tertiary/aromatic N) is 1. The van der Waals surface area contributed by atoms with Gasteiger partial charge in [0.05, 0.1) is 5.56 Å². The van der Waals surface area contributed by atoms with E-state index in [1.54, 1.807) is 30.7 Å². The van der Waals surface area contributed by atoms with Crippen LogP contribution in [-0.2, 0) is 9.59 Å². The smallest absolute Gasteiger partial charge is 0.327 e. The van der Waals surface area contributed by atoms with Crippen molar-refractivity contribution in [2.75, 3.05) is 0 Å². The van der Waals surface area contributed by atoms with Gasteiger partial charge in [-0.1, -0.05) is 0 Å². The Bertz CT molecular complexity index is 614. The number of carbonyl (C=O) groups is 3. The number of carboxylic acid groups (broad SMARTS) is 1. The zero-order chi connectivity index (χ0) is 15.4. The Hall–Kier alpha value is -1.54. The lowest BCUT2D eigenvalue weighted by Gasteiger charge is -2.43. The summed E-state index contributed by atoms with van der Waals surface area (Å²) >= 11 is 2.82. The summed E-state index contributed by atoms with van der Waals surface area (Å²) in [5.74, 6) is -1.63. The average Bonchev–Trinajstić information content (AvgIpc) is 3.00. The van der Waals surface area contributed by atoms with Gasteiger partial charge >= 0.3 is 5.97 Å². The van der Waals surface area contributed by atoms with Gasteiger partial charge in [0, 0.05) is 10.1 Å². The van der Waals surface area contributed by atoms with Gasteiger partial charge in [-0.05, 0) is 25.3 Å². The van der Waals surface area contributed by atoms with Crippen LogP contribution in [0.3, 0.4) is 0 Å². The summed E-state index contributed by atoms with van der Waals surface area (Å²) in [6, 6.07) is 0.187. The summed E-state index contributed by atoms with van der Waals surface area (Å²) in [7, 11) is 0. The van der Waals surface area contributed by atoms with Crippen LogP contribution in [0.5, 0.6) is 0 Å². The molecule has 0 aromatic carbocycles. The van der Waals surface area contributed by atoms with Crippen LogP contribution in [-0.4, -0.2) is 50.0 Å². The van der Waals surface area contributed by atoms with E-state index >= 15 is 0 Å². The van der Waals surface area contributed by atoms with Crippen LogP contribution in [0.2, 0.25) is 0 Å². The maximum atomic E-state index is 12.2. The molecule has 3 heterocycles. The van der Waals surface area contributed by atoms with Gasteiger partial charge in [-0.2, -0.15) is 11.3 Å². The molecule has 3 atom stereocenters. The van der Waals surface area contributed by atoms with E-state index in [0.29, 0.717) is 5.56 Å². The second kappa shape index (κ2) is 4.74. The van der Waals surface area contributed by atoms with E-state index in [0.717, 1.165) is 0 Å². The summed E-state index contributed by atoms with van der Waals surface area (Å²) in [4.78, 5) is 36.9. The molecule has 0 spiro atoms. The Balaban J connectivity index is 1.76. The van der Waals surface area contributed by atoms with Crippen molar-refractivity contribution in [3.05, 3.63) is 22.4 Å². The van der Waals surface area contributed by atoms with Crippen LogP contribution in [0.15, 0.2) is 16.8 Å². The van der Waals surface area contributed by atoms with Gasteiger partial charge in [0.15, 0.2) is 0 Å². The van der Waals surface area contributed by atoms with Gasteiger partial charge in [-0.25, -0.2) is 4.79 Å². The zero-order valence-corrected chi connectivity index (χ0v) is 13.0. The Labute approximate surface area is 129 Å². The Morgan fingerprint density at radius 3 is 2.71 bits per heavy atom. The summed E-state index contributed by atoms with van der Waals surface area (Å²) in [6.45, 7) is 3.61. The van der Waals surface area contributed by atoms with E-state index in [-0.39, 0.29) is 17.2 Å². The van der Waals surface area contributed by atoms with Gasteiger partial charge in [0.1, 0.15) is 17.5 Å². The highest BCUT2D eigenvalue weighted by Crippen LogP contribution is 2.50. The lowest BCUT2D eigenvalue weighted by Crippen LogP contribution is -2.70. The molecule has 2 fully saturated rings. The summed E-state index contributed by atoms with van der Waals surface area (Å²) in [5, 5.41) is 15.2. The van der Waals surface area contributed by atoms with E-state index in [2.05, 4.69) is 5.32 Å². The third-order valence-corrected chi connectivity index (χ3v) is 6.00. The Morgan fingerprint density at radius 1 is 1.43 bits per heavy atom. The third kappa shape index (κ3) is 2.13. The number of hydrogen-bond donors (Lipinski definition) is 2.